The molecule has 1 amide bonds. The van der Waals surface area contributed by atoms with Gasteiger partial charge in [-0.05, 0) is 29.9 Å². The molecule has 5 heteroatoms. The van der Waals surface area contributed by atoms with E-state index in [1.807, 2.05) is 6.07 Å². The van der Waals surface area contributed by atoms with Gasteiger partial charge in [-0.15, -0.1) is 0 Å². The largest absolute Gasteiger partial charge is 0.481 e. The fraction of sp³-hybridized carbons (Fsp3) is 0.625. The van der Waals surface area contributed by atoms with Gasteiger partial charge in [0.05, 0.1) is 26.4 Å². The molecule has 2 aliphatic rings. The van der Waals surface area contributed by atoms with E-state index in [4.69, 9.17) is 9.47 Å². The van der Waals surface area contributed by atoms with Crippen molar-refractivity contribution in [1.29, 1.82) is 0 Å². The van der Waals surface area contributed by atoms with Gasteiger partial charge in [0.25, 0.3) is 0 Å². The van der Waals surface area contributed by atoms with Crippen LogP contribution in [0.3, 0.4) is 0 Å². The lowest BCUT2D eigenvalue weighted by Gasteiger charge is -2.33. The molecule has 21 heavy (non-hydrogen) atoms. The third kappa shape index (κ3) is 3.02. The number of epoxide rings is 1. The van der Waals surface area contributed by atoms with Crippen LogP contribution in [-0.2, 0) is 9.53 Å². The molecule has 1 aromatic rings. The van der Waals surface area contributed by atoms with Crippen LogP contribution in [0.2, 0.25) is 0 Å². The summed E-state index contributed by atoms with van der Waals surface area (Å²) in [4.78, 5) is 18.8. The molecule has 2 unspecified atom stereocenters. The number of nitrogens with zero attached hydrogens (tertiary/aromatic N) is 2. The van der Waals surface area contributed by atoms with E-state index >= 15 is 0 Å². The van der Waals surface area contributed by atoms with Crippen molar-refractivity contribution in [1.82, 2.24) is 4.98 Å². The van der Waals surface area contributed by atoms with Gasteiger partial charge in [-0.1, -0.05) is 13.8 Å². The molecule has 0 aromatic carbocycles. The van der Waals surface area contributed by atoms with Gasteiger partial charge in [0.15, 0.2) is 0 Å². The molecule has 1 fully saturated rings. The Bertz CT molecular complexity index is 540. The van der Waals surface area contributed by atoms with Gasteiger partial charge in [0.2, 0.25) is 11.8 Å². The second kappa shape index (κ2) is 5.64. The first-order chi connectivity index (χ1) is 10.1. The minimum Gasteiger partial charge on any atom is -0.481 e. The van der Waals surface area contributed by atoms with Crippen LogP contribution in [0, 0.1) is 5.92 Å². The summed E-state index contributed by atoms with van der Waals surface area (Å²) in [7, 11) is 1.60. The van der Waals surface area contributed by atoms with Crippen LogP contribution in [0.25, 0.3) is 0 Å². The van der Waals surface area contributed by atoms with Gasteiger partial charge in [0.1, 0.15) is 5.82 Å². The average molecular weight is 290 g/mol. The zero-order chi connectivity index (χ0) is 15.0. The van der Waals surface area contributed by atoms with Crippen LogP contribution < -0.4 is 9.64 Å². The van der Waals surface area contributed by atoms with Crippen LogP contribution in [0.5, 0.6) is 5.88 Å². The van der Waals surface area contributed by atoms with Gasteiger partial charge in [-0.3, -0.25) is 9.69 Å². The number of carbonyl (C=O) groups excluding carboxylic acids is 1. The summed E-state index contributed by atoms with van der Waals surface area (Å²) in [6, 6.07) is 3.94. The van der Waals surface area contributed by atoms with Crippen LogP contribution in [0.4, 0.5) is 5.82 Å². The second-order valence-electron chi connectivity index (χ2n) is 6.26. The van der Waals surface area contributed by atoms with Crippen LogP contribution in [-0.4, -0.2) is 37.3 Å². The van der Waals surface area contributed by atoms with Crippen LogP contribution in [0.1, 0.15) is 38.2 Å². The Hall–Kier alpha value is -1.62. The van der Waals surface area contributed by atoms with Gasteiger partial charge >= 0.3 is 0 Å². The third-order valence-electron chi connectivity index (χ3n) is 4.05. The van der Waals surface area contributed by atoms with Crippen LogP contribution in [0.15, 0.2) is 12.1 Å². The van der Waals surface area contributed by atoms with E-state index in [0.29, 0.717) is 24.8 Å². The third-order valence-corrected chi connectivity index (χ3v) is 4.05. The number of anilines is 1. The topological polar surface area (TPSA) is 55.0 Å². The molecule has 0 bridgehead atoms. The molecule has 0 saturated carbocycles. The van der Waals surface area contributed by atoms with Crippen molar-refractivity contribution < 1.29 is 14.3 Å². The number of hydrogen-bond donors (Lipinski definition) is 0. The van der Waals surface area contributed by atoms with Crippen molar-refractivity contribution >= 4 is 11.7 Å². The van der Waals surface area contributed by atoms with Gasteiger partial charge in [-0.25, -0.2) is 0 Å². The Morgan fingerprint density at radius 1 is 1.48 bits per heavy atom. The van der Waals surface area contributed by atoms with Crippen molar-refractivity contribution in [2.45, 2.75) is 38.7 Å². The monoisotopic (exact) mass is 290 g/mol. The van der Waals surface area contributed by atoms with E-state index in [9.17, 15) is 4.79 Å². The number of carbonyl (C=O) groups is 1. The zero-order valence-corrected chi connectivity index (χ0v) is 12.8. The molecule has 1 saturated heterocycles. The van der Waals surface area contributed by atoms with E-state index in [2.05, 4.69) is 24.9 Å². The van der Waals surface area contributed by atoms with Crippen molar-refractivity contribution in [3.05, 3.63) is 17.7 Å². The number of rotatable bonds is 5. The number of hydrogen-bond acceptors (Lipinski definition) is 4. The maximum atomic E-state index is 12.5. The average Bonchev–Trinajstić information content (AvgIpc) is 3.26. The summed E-state index contributed by atoms with van der Waals surface area (Å²) in [5.74, 6) is 2.25. The highest BCUT2D eigenvalue weighted by molar-refractivity contribution is 5.96. The van der Waals surface area contributed by atoms with Gasteiger partial charge in [0, 0.05) is 12.5 Å². The number of fused-ring (bicyclic) bond motifs is 1. The molecule has 0 N–H and O–H groups in total. The summed E-state index contributed by atoms with van der Waals surface area (Å²) in [5.41, 5.74) is 1.16. The molecule has 3 heterocycles. The predicted octanol–water partition coefficient (Wildman–Crippen LogP) is 2.36. The Morgan fingerprint density at radius 3 is 2.86 bits per heavy atom. The standard InChI is InChI=1S/C16H22N2O3/c1-10(2)6-11-7-15(19)18(8-12-9-21-12)16-13(11)4-5-14(17-16)20-3/h4-5,10-12H,6-9H2,1-3H3. The SMILES string of the molecule is COc1ccc2c(n1)N(CC1CO1)C(=O)CC2CC(C)C. The Balaban J connectivity index is 1.96. The highest BCUT2D eigenvalue weighted by Gasteiger charge is 2.36. The highest BCUT2D eigenvalue weighted by atomic mass is 16.6. The quantitative estimate of drug-likeness (QED) is 0.781. The number of methoxy groups -OCH3 is 1. The molecule has 1 aromatic heterocycles. The Morgan fingerprint density at radius 2 is 2.24 bits per heavy atom. The summed E-state index contributed by atoms with van der Waals surface area (Å²) in [6.07, 6.45) is 1.73. The van der Waals surface area contributed by atoms with Gasteiger partial charge < -0.3 is 9.47 Å². The summed E-state index contributed by atoms with van der Waals surface area (Å²) >= 11 is 0. The van der Waals surface area contributed by atoms with Crippen molar-refractivity contribution in [3.63, 3.8) is 0 Å². The highest BCUT2D eigenvalue weighted by Crippen LogP contribution is 2.39. The number of ether oxygens (including phenoxy) is 2. The summed E-state index contributed by atoms with van der Waals surface area (Å²) in [5, 5.41) is 0. The second-order valence-corrected chi connectivity index (χ2v) is 6.26. The molecule has 114 valence electrons. The first-order valence-electron chi connectivity index (χ1n) is 7.55. The maximum Gasteiger partial charge on any atom is 0.228 e. The molecule has 2 aliphatic heterocycles. The van der Waals surface area contributed by atoms with Crippen molar-refractivity contribution in [3.8, 4) is 5.88 Å². The van der Waals surface area contributed by atoms with Crippen LogP contribution >= 0.6 is 0 Å². The van der Waals surface area contributed by atoms with E-state index in [-0.39, 0.29) is 17.9 Å². The smallest absolute Gasteiger partial charge is 0.228 e. The number of pyridine rings is 1. The molecule has 5 nitrogen and oxygen atoms in total. The normalized spacial score (nSPS) is 24.2. The minimum atomic E-state index is 0.143. The lowest BCUT2D eigenvalue weighted by molar-refractivity contribution is -0.119. The number of amides is 1. The lowest BCUT2D eigenvalue weighted by atomic mass is 9.85. The number of aromatic nitrogens is 1. The summed E-state index contributed by atoms with van der Waals surface area (Å²) < 4.78 is 10.5. The minimum absolute atomic E-state index is 0.143. The fourth-order valence-electron chi connectivity index (χ4n) is 2.98. The van der Waals surface area contributed by atoms with Crippen molar-refractivity contribution in [2.75, 3.05) is 25.2 Å². The van der Waals surface area contributed by atoms with E-state index in [0.717, 1.165) is 24.4 Å². The molecule has 3 rings (SSSR count). The van der Waals surface area contributed by atoms with Gasteiger partial charge in [-0.2, -0.15) is 4.98 Å². The predicted molar refractivity (Wildman–Crippen MR) is 79.7 cm³/mol. The summed E-state index contributed by atoms with van der Waals surface area (Å²) in [6.45, 7) is 5.70. The molecule has 0 radical (unpaired) electrons. The lowest BCUT2D eigenvalue weighted by Crippen LogP contribution is -2.40. The molecule has 0 spiro atoms. The first kappa shape index (κ1) is 14.3. The molecular formula is C16H22N2O3. The molecule has 2 atom stereocenters. The first-order valence-corrected chi connectivity index (χ1v) is 7.55. The molecule has 0 aliphatic carbocycles. The zero-order valence-electron chi connectivity index (χ0n) is 12.8. The van der Waals surface area contributed by atoms with Crippen molar-refractivity contribution in [2.24, 2.45) is 5.92 Å². The fourth-order valence-corrected chi connectivity index (χ4v) is 2.98. The molecular weight excluding hydrogens is 268 g/mol. The van der Waals surface area contributed by atoms with E-state index in [1.54, 1.807) is 12.0 Å². The maximum absolute atomic E-state index is 12.5. The Kier molecular flexibility index (Phi) is 3.85. The Labute approximate surface area is 125 Å². The van der Waals surface area contributed by atoms with E-state index < -0.39 is 0 Å². The van der Waals surface area contributed by atoms with E-state index in [1.165, 1.54) is 0 Å².